The SMILES string of the molecule is CCCCCCCCCc1c(Oc2cccc(O)c2)cccc1S(=O)(=O)O. The molecule has 0 saturated carbocycles. The van der Waals surface area contributed by atoms with Crippen molar-refractivity contribution in [1.29, 1.82) is 0 Å². The molecule has 6 heteroatoms. The second-order valence-electron chi connectivity index (χ2n) is 6.68. The average molecular weight is 393 g/mol. The van der Waals surface area contributed by atoms with Crippen LogP contribution >= 0.6 is 0 Å². The first-order valence-electron chi connectivity index (χ1n) is 9.48. The Hall–Kier alpha value is -2.05. The van der Waals surface area contributed by atoms with E-state index in [0.717, 1.165) is 19.3 Å². The van der Waals surface area contributed by atoms with Gasteiger partial charge in [0.1, 0.15) is 22.1 Å². The Bertz CT molecular complexity index is 830. The molecule has 2 N–H and O–H groups in total. The molecule has 2 aromatic rings. The van der Waals surface area contributed by atoms with E-state index in [-0.39, 0.29) is 10.6 Å². The Morgan fingerprint density at radius 2 is 1.59 bits per heavy atom. The summed E-state index contributed by atoms with van der Waals surface area (Å²) in [6.45, 7) is 2.18. The van der Waals surface area contributed by atoms with Crippen molar-refractivity contribution in [3.63, 3.8) is 0 Å². The Morgan fingerprint density at radius 1 is 0.926 bits per heavy atom. The lowest BCUT2D eigenvalue weighted by Crippen LogP contribution is -2.05. The molecule has 0 aromatic heterocycles. The van der Waals surface area contributed by atoms with Crippen molar-refractivity contribution in [3.8, 4) is 17.2 Å². The van der Waals surface area contributed by atoms with E-state index in [0.29, 0.717) is 23.5 Å². The van der Waals surface area contributed by atoms with E-state index in [1.807, 2.05) is 0 Å². The monoisotopic (exact) mass is 392 g/mol. The van der Waals surface area contributed by atoms with Gasteiger partial charge in [0.15, 0.2) is 0 Å². The molecule has 2 aromatic carbocycles. The molecule has 0 unspecified atom stereocenters. The fourth-order valence-electron chi connectivity index (χ4n) is 3.06. The third kappa shape index (κ3) is 6.88. The normalized spacial score (nSPS) is 11.5. The van der Waals surface area contributed by atoms with Gasteiger partial charge in [-0.1, -0.05) is 57.6 Å². The molecule has 2 rings (SSSR count). The van der Waals surface area contributed by atoms with Crippen LogP contribution in [0.4, 0.5) is 0 Å². The highest BCUT2D eigenvalue weighted by atomic mass is 32.2. The van der Waals surface area contributed by atoms with E-state index in [4.69, 9.17) is 4.74 Å². The number of hydrogen-bond donors (Lipinski definition) is 2. The first-order chi connectivity index (χ1) is 12.9. The van der Waals surface area contributed by atoms with Gasteiger partial charge in [0, 0.05) is 11.6 Å². The van der Waals surface area contributed by atoms with Crippen molar-refractivity contribution >= 4 is 10.1 Å². The van der Waals surface area contributed by atoms with Crippen LogP contribution in [0.15, 0.2) is 47.4 Å². The standard InChI is InChI=1S/C21H28O5S/c1-2-3-4-5-6-7-8-13-19-20(14-10-15-21(19)27(23,24)25)26-18-12-9-11-17(22)16-18/h9-12,14-16,22H,2-8,13H2,1H3,(H,23,24,25). The Labute approximate surface area is 161 Å². The second kappa shape index (κ2) is 10.3. The zero-order valence-corrected chi connectivity index (χ0v) is 16.5. The van der Waals surface area contributed by atoms with Gasteiger partial charge in [0.2, 0.25) is 0 Å². The number of unbranched alkanes of at least 4 members (excludes halogenated alkanes) is 6. The molecule has 0 aliphatic carbocycles. The summed E-state index contributed by atoms with van der Waals surface area (Å²) >= 11 is 0. The van der Waals surface area contributed by atoms with Crippen LogP contribution < -0.4 is 4.74 Å². The zero-order chi connectivity index (χ0) is 19.7. The van der Waals surface area contributed by atoms with E-state index >= 15 is 0 Å². The molecule has 0 bridgehead atoms. The molecule has 0 spiro atoms. The van der Waals surface area contributed by atoms with Crippen LogP contribution in [0.1, 0.15) is 57.4 Å². The van der Waals surface area contributed by atoms with Crippen molar-refractivity contribution in [3.05, 3.63) is 48.0 Å². The first-order valence-corrected chi connectivity index (χ1v) is 10.9. The number of hydrogen-bond acceptors (Lipinski definition) is 4. The van der Waals surface area contributed by atoms with Crippen LogP contribution in [0.3, 0.4) is 0 Å². The largest absolute Gasteiger partial charge is 0.508 e. The molecule has 148 valence electrons. The van der Waals surface area contributed by atoms with Crippen molar-refractivity contribution < 1.29 is 22.8 Å². The molecule has 27 heavy (non-hydrogen) atoms. The van der Waals surface area contributed by atoms with Crippen LogP contribution in [0, 0.1) is 0 Å². The summed E-state index contributed by atoms with van der Waals surface area (Å²) < 4.78 is 38.9. The Balaban J connectivity index is 2.14. The number of phenolic OH excluding ortho intramolecular Hbond substituents is 1. The van der Waals surface area contributed by atoms with E-state index in [1.165, 1.54) is 49.9 Å². The fraction of sp³-hybridized carbons (Fsp3) is 0.429. The number of rotatable bonds is 11. The molecule has 0 atom stereocenters. The van der Waals surface area contributed by atoms with Crippen LogP contribution in [0.5, 0.6) is 17.2 Å². The fourth-order valence-corrected chi connectivity index (χ4v) is 3.83. The zero-order valence-electron chi connectivity index (χ0n) is 15.7. The summed E-state index contributed by atoms with van der Waals surface area (Å²) in [6.07, 6.45) is 8.27. The van der Waals surface area contributed by atoms with Crippen molar-refractivity contribution in [1.82, 2.24) is 0 Å². The lowest BCUT2D eigenvalue weighted by atomic mass is 10.0. The highest BCUT2D eigenvalue weighted by Crippen LogP contribution is 2.32. The predicted octanol–water partition coefficient (Wildman–Crippen LogP) is 5.72. The number of benzene rings is 2. The minimum atomic E-state index is -4.34. The lowest BCUT2D eigenvalue weighted by molar-refractivity contribution is 0.447. The minimum absolute atomic E-state index is 0.0621. The van der Waals surface area contributed by atoms with Crippen molar-refractivity contribution in [2.24, 2.45) is 0 Å². The van der Waals surface area contributed by atoms with Gasteiger partial charge < -0.3 is 9.84 Å². The molecular formula is C21H28O5S. The summed E-state index contributed by atoms with van der Waals surface area (Å²) in [6, 6.07) is 10.9. The maximum absolute atomic E-state index is 11.8. The molecule has 0 radical (unpaired) electrons. The molecule has 0 saturated heterocycles. The van der Waals surface area contributed by atoms with Gasteiger partial charge in [-0.15, -0.1) is 0 Å². The van der Waals surface area contributed by atoms with Gasteiger partial charge in [-0.05, 0) is 37.1 Å². The van der Waals surface area contributed by atoms with E-state index < -0.39 is 10.1 Å². The Morgan fingerprint density at radius 3 is 2.26 bits per heavy atom. The van der Waals surface area contributed by atoms with Gasteiger partial charge in [0.05, 0.1) is 0 Å². The lowest BCUT2D eigenvalue weighted by Gasteiger charge is -2.14. The number of aromatic hydroxyl groups is 1. The average Bonchev–Trinajstić information content (AvgIpc) is 2.61. The van der Waals surface area contributed by atoms with Gasteiger partial charge in [0.25, 0.3) is 10.1 Å². The maximum Gasteiger partial charge on any atom is 0.294 e. The predicted molar refractivity (Wildman–Crippen MR) is 106 cm³/mol. The number of ether oxygens (including phenoxy) is 1. The van der Waals surface area contributed by atoms with Crippen LogP contribution in [0.2, 0.25) is 0 Å². The number of phenols is 1. The highest BCUT2D eigenvalue weighted by Gasteiger charge is 2.19. The maximum atomic E-state index is 11.8. The third-order valence-electron chi connectivity index (χ3n) is 4.44. The molecule has 0 aliphatic rings. The Kier molecular flexibility index (Phi) is 8.13. The molecule has 0 heterocycles. The van der Waals surface area contributed by atoms with Gasteiger partial charge in [-0.3, -0.25) is 4.55 Å². The van der Waals surface area contributed by atoms with Gasteiger partial charge in [-0.2, -0.15) is 8.42 Å². The van der Waals surface area contributed by atoms with E-state index in [2.05, 4.69) is 6.92 Å². The quantitative estimate of drug-likeness (QED) is 0.377. The van der Waals surface area contributed by atoms with Crippen LogP contribution in [0.25, 0.3) is 0 Å². The smallest absolute Gasteiger partial charge is 0.294 e. The molecule has 5 nitrogen and oxygen atoms in total. The topological polar surface area (TPSA) is 83.8 Å². The highest BCUT2D eigenvalue weighted by molar-refractivity contribution is 7.85. The minimum Gasteiger partial charge on any atom is -0.508 e. The van der Waals surface area contributed by atoms with Gasteiger partial charge in [-0.25, -0.2) is 0 Å². The molecular weight excluding hydrogens is 364 g/mol. The van der Waals surface area contributed by atoms with Crippen LogP contribution in [-0.4, -0.2) is 18.1 Å². The first kappa shape index (κ1) is 21.3. The molecule has 0 aliphatic heterocycles. The van der Waals surface area contributed by atoms with E-state index in [1.54, 1.807) is 18.2 Å². The summed E-state index contributed by atoms with van der Waals surface area (Å²) in [5.41, 5.74) is 0.469. The van der Waals surface area contributed by atoms with Gasteiger partial charge >= 0.3 is 0 Å². The van der Waals surface area contributed by atoms with Crippen LogP contribution in [-0.2, 0) is 16.5 Å². The summed E-state index contributed by atoms with van der Waals surface area (Å²) in [5, 5.41) is 9.59. The summed E-state index contributed by atoms with van der Waals surface area (Å²) in [7, 11) is -4.34. The second-order valence-corrected chi connectivity index (χ2v) is 8.07. The third-order valence-corrected chi connectivity index (χ3v) is 5.38. The summed E-state index contributed by atoms with van der Waals surface area (Å²) in [4.78, 5) is -0.119. The van der Waals surface area contributed by atoms with E-state index in [9.17, 15) is 18.1 Å². The molecule has 0 amide bonds. The summed E-state index contributed by atoms with van der Waals surface area (Å²) in [5.74, 6) is 0.845. The van der Waals surface area contributed by atoms with Crippen molar-refractivity contribution in [2.75, 3.05) is 0 Å². The van der Waals surface area contributed by atoms with Crippen molar-refractivity contribution in [2.45, 2.75) is 63.2 Å². The molecule has 0 fully saturated rings.